The van der Waals surface area contributed by atoms with Crippen molar-refractivity contribution in [3.63, 3.8) is 0 Å². The van der Waals surface area contributed by atoms with Gasteiger partial charge >= 0.3 is 0 Å². The van der Waals surface area contributed by atoms with E-state index in [-0.39, 0.29) is 0 Å². The van der Waals surface area contributed by atoms with E-state index in [1.54, 1.807) is 0 Å². The van der Waals surface area contributed by atoms with E-state index in [9.17, 15) is 0 Å². The molecule has 96 valence electrons. The molecular formula is C14H23NO2. The first kappa shape index (κ1) is 14.0. The molecule has 0 atom stereocenters. The second-order valence-electron chi connectivity index (χ2n) is 3.62. The number of hydrogen-bond donors (Lipinski definition) is 0. The van der Waals surface area contributed by atoms with Gasteiger partial charge in [0.15, 0.2) is 0 Å². The Morgan fingerprint density at radius 1 is 1.12 bits per heavy atom. The van der Waals surface area contributed by atoms with Crippen molar-refractivity contribution in [1.82, 2.24) is 4.90 Å². The summed E-state index contributed by atoms with van der Waals surface area (Å²) in [6, 6.07) is 9.95. The van der Waals surface area contributed by atoms with Gasteiger partial charge in [0.05, 0.1) is 13.2 Å². The molecule has 1 aromatic rings. The number of para-hydroxylation sites is 1. The van der Waals surface area contributed by atoms with Crippen LogP contribution >= 0.6 is 0 Å². The maximum absolute atomic E-state index is 5.63. The van der Waals surface area contributed by atoms with E-state index < -0.39 is 0 Å². The van der Waals surface area contributed by atoms with E-state index in [0.29, 0.717) is 0 Å². The zero-order chi connectivity index (χ0) is 12.3. The number of rotatable bonds is 4. The van der Waals surface area contributed by atoms with Crippen LogP contribution in [0.15, 0.2) is 30.3 Å². The van der Waals surface area contributed by atoms with E-state index in [0.717, 1.165) is 45.2 Å². The van der Waals surface area contributed by atoms with Crippen molar-refractivity contribution in [3.8, 4) is 5.75 Å². The molecule has 0 radical (unpaired) electrons. The topological polar surface area (TPSA) is 21.7 Å². The Morgan fingerprint density at radius 2 is 1.76 bits per heavy atom. The third-order valence-corrected chi connectivity index (χ3v) is 2.52. The van der Waals surface area contributed by atoms with Crippen molar-refractivity contribution < 1.29 is 9.47 Å². The number of ether oxygens (including phenoxy) is 2. The van der Waals surface area contributed by atoms with Crippen LogP contribution in [0.4, 0.5) is 0 Å². The molecule has 0 unspecified atom stereocenters. The molecule has 3 nitrogen and oxygen atoms in total. The lowest BCUT2D eigenvalue weighted by Gasteiger charge is -2.26. The smallest absolute Gasteiger partial charge is 0.119 e. The summed E-state index contributed by atoms with van der Waals surface area (Å²) in [6.45, 7) is 9.50. The van der Waals surface area contributed by atoms with Gasteiger partial charge in [-0.25, -0.2) is 0 Å². The Bertz CT molecular complexity index is 271. The fourth-order valence-electron chi connectivity index (χ4n) is 1.63. The summed E-state index contributed by atoms with van der Waals surface area (Å²) in [5.41, 5.74) is 0. The van der Waals surface area contributed by atoms with Crippen LogP contribution in [0.1, 0.15) is 13.8 Å². The Morgan fingerprint density at radius 3 is 2.41 bits per heavy atom. The first-order chi connectivity index (χ1) is 8.45. The van der Waals surface area contributed by atoms with Crippen molar-refractivity contribution in [2.75, 3.05) is 39.5 Å². The summed E-state index contributed by atoms with van der Waals surface area (Å²) in [7, 11) is 0. The van der Waals surface area contributed by atoms with Gasteiger partial charge in [0.1, 0.15) is 12.4 Å². The molecule has 0 aromatic heterocycles. The van der Waals surface area contributed by atoms with Crippen LogP contribution in [0.3, 0.4) is 0 Å². The Balaban J connectivity index is 0.000000686. The third kappa shape index (κ3) is 5.71. The second kappa shape index (κ2) is 9.02. The SMILES string of the molecule is CC.c1ccc(OCCN2CCOCC2)cc1. The summed E-state index contributed by atoms with van der Waals surface area (Å²) in [5, 5.41) is 0. The maximum Gasteiger partial charge on any atom is 0.119 e. The number of nitrogens with zero attached hydrogens (tertiary/aromatic N) is 1. The molecule has 0 aliphatic carbocycles. The first-order valence-corrected chi connectivity index (χ1v) is 6.43. The van der Waals surface area contributed by atoms with E-state index in [4.69, 9.17) is 9.47 Å². The van der Waals surface area contributed by atoms with Crippen LogP contribution < -0.4 is 4.74 Å². The first-order valence-electron chi connectivity index (χ1n) is 6.43. The predicted octanol–water partition coefficient (Wildman–Crippen LogP) is 2.42. The summed E-state index contributed by atoms with van der Waals surface area (Å²) < 4.78 is 10.9. The average molecular weight is 237 g/mol. The molecule has 1 fully saturated rings. The molecule has 0 amide bonds. The van der Waals surface area contributed by atoms with Crippen molar-refractivity contribution in [1.29, 1.82) is 0 Å². The Labute approximate surface area is 104 Å². The van der Waals surface area contributed by atoms with E-state index >= 15 is 0 Å². The highest BCUT2D eigenvalue weighted by atomic mass is 16.5. The van der Waals surface area contributed by atoms with Gasteiger partial charge in [-0.15, -0.1) is 0 Å². The summed E-state index contributed by atoms with van der Waals surface area (Å²) in [5.74, 6) is 0.950. The normalized spacial score (nSPS) is 15.9. The van der Waals surface area contributed by atoms with Gasteiger partial charge in [-0.05, 0) is 12.1 Å². The van der Waals surface area contributed by atoms with Crippen LogP contribution in [-0.4, -0.2) is 44.4 Å². The minimum atomic E-state index is 0.754. The van der Waals surface area contributed by atoms with Gasteiger partial charge in [-0.2, -0.15) is 0 Å². The molecule has 0 bridgehead atoms. The second-order valence-corrected chi connectivity index (χ2v) is 3.62. The van der Waals surface area contributed by atoms with E-state index in [1.165, 1.54) is 0 Å². The van der Waals surface area contributed by atoms with Crippen LogP contribution in [-0.2, 0) is 4.74 Å². The number of benzene rings is 1. The van der Waals surface area contributed by atoms with Crippen molar-refractivity contribution in [2.24, 2.45) is 0 Å². The Kier molecular flexibility index (Phi) is 7.43. The van der Waals surface area contributed by atoms with Crippen molar-refractivity contribution in [2.45, 2.75) is 13.8 Å². The highest BCUT2D eigenvalue weighted by molar-refractivity contribution is 5.20. The quantitative estimate of drug-likeness (QED) is 0.802. The molecule has 17 heavy (non-hydrogen) atoms. The molecule has 1 saturated heterocycles. The zero-order valence-corrected chi connectivity index (χ0v) is 10.9. The largest absolute Gasteiger partial charge is 0.492 e. The van der Waals surface area contributed by atoms with E-state index in [2.05, 4.69) is 4.90 Å². The van der Waals surface area contributed by atoms with Crippen LogP contribution in [0.25, 0.3) is 0 Å². The van der Waals surface area contributed by atoms with Crippen molar-refractivity contribution in [3.05, 3.63) is 30.3 Å². The lowest BCUT2D eigenvalue weighted by Crippen LogP contribution is -2.38. The van der Waals surface area contributed by atoms with Gasteiger partial charge in [0.2, 0.25) is 0 Å². The fourth-order valence-corrected chi connectivity index (χ4v) is 1.63. The molecule has 1 aromatic carbocycles. The molecule has 1 heterocycles. The lowest BCUT2D eigenvalue weighted by molar-refractivity contribution is 0.0322. The third-order valence-electron chi connectivity index (χ3n) is 2.52. The minimum absolute atomic E-state index is 0.754. The summed E-state index contributed by atoms with van der Waals surface area (Å²) in [6.07, 6.45) is 0. The molecule has 1 aliphatic heterocycles. The van der Waals surface area contributed by atoms with Gasteiger partial charge in [-0.3, -0.25) is 4.90 Å². The molecule has 0 saturated carbocycles. The summed E-state index contributed by atoms with van der Waals surface area (Å²) in [4.78, 5) is 2.37. The monoisotopic (exact) mass is 237 g/mol. The van der Waals surface area contributed by atoms with Gasteiger partial charge in [-0.1, -0.05) is 32.0 Å². The van der Waals surface area contributed by atoms with Crippen molar-refractivity contribution >= 4 is 0 Å². The van der Waals surface area contributed by atoms with Gasteiger partial charge in [0.25, 0.3) is 0 Å². The molecule has 0 spiro atoms. The lowest BCUT2D eigenvalue weighted by atomic mass is 10.3. The fraction of sp³-hybridized carbons (Fsp3) is 0.571. The van der Waals surface area contributed by atoms with Gasteiger partial charge < -0.3 is 9.47 Å². The highest BCUT2D eigenvalue weighted by Gasteiger charge is 2.09. The van der Waals surface area contributed by atoms with Crippen LogP contribution in [0.5, 0.6) is 5.75 Å². The highest BCUT2D eigenvalue weighted by Crippen LogP contribution is 2.08. The van der Waals surface area contributed by atoms with Gasteiger partial charge in [0, 0.05) is 19.6 Å². The van der Waals surface area contributed by atoms with Crippen LogP contribution in [0.2, 0.25) is 0 Å². The molecule has 2 rings (SSSR count). The number of morpholine rings is 1. The molecule has 3 heteroatoms. The van der Waals surface area contributed by atoms with Crippen LogP contribution in [0, 0.1) is 0 Å². The van der Waals surface area contributed by atoms with E-state index in [1.807, 2.05) is 44.2 Å². The summed E-state index contributed by atoms with van der Waals surface area (Å²) >= 11 is 0. The molecule has 1 aliphatic rings. The predicted molar refractivity (Wildman–Crippen MR) is 70.5 cm³/mol. The zero-order valence-electron chi connectivity index (χ0n) is 10.9. The Hall–Kier alpha value is -1.06. The average Bonchev–Trinajstić information content (AvgIpc) is 2.43. The molecular weight excluding hydrogens is 214 g/mol. The molecule has 0 N–H and O–H groups in total. The standard InChI is InChI=1S/C12H17NO2.C2H6/c1-2-4-12(5-3-1)15-11-8-13-6-9-14-10-7-13;1-2/h1-5H,6-11H2;1-2H3. The minimum Gasteiger partial charge on any atom is -0.492 e. The number of hydrogen-bond acceptors (Lipinski definition) is 3. The maximum atomic E-state index is 5.63.